The normalized spacial score (nSPS) is 14.1. The Morgan fingerprint density at radius 3 is 2.79 bits per heavy atom. The van der Waals surface area contributed by atoms with Crippen LogP contribution in [0.1, 0.15) is 38.7 Å². The van der Waals surface area contributed by atoms with Crippen LogP contribution in [-0.4, -0.2) is 12.0 Å². The average molecular weight is 287 g/mol. The van der Waals surface area contributed by atoms with E-state index >= 15 is 0 Å². The molecule has 0 heterocycles. The summed E-state index contributed by atoms with van der Waals surface area (Å²) in [5.41, 5.74) is -0.713. The molecule has 0 bridgehead atoms. The minimum Gasteiger partial charge on any atom is -0.303 e. The van der Waals surface area contributed by atoms with E-state index in [-0.39, 0.29) is 12.0 Å². The van der Waals surface area contributed by atoms with Gasteiger partial charge in [0.25, 0.3) is 0 Å². The summed E-state index contributed by atoms with van der Waals surface area (Å²) in [6, 6.07) is 4.04. The molecule has 0 fully saturated rings. The van der Waals surface area contributed by atoms with Crippen LogP contribution in [0.5, 0.6) is 0 Å². The Morgan fingerprint density at radius 1 is 1.42 bits per heavy atom. The van der Waals surface area contributed by atoms with Crippen LogP contribution in [0.25, 0.3) is 0 Å². The Morgan fingerprint density at radius 2 is 2.16 bits per heavy atom. The van der Waals surface area contributed by atoms with E-state index in [9.17, 15) is 13.6 Å². The van der Waals surface area contributed by atoms with Crippen LogP contribution in [0, 0.1) is 11.6 Å². The molecule has 0 saturated carbocycles. The Kier molecular flexibility index (Phi) is 6.45. The van der Waals surface area contributed by atoms with Crippen LogP contribution in [0.2, 0.25) is 0 Å². The van der Waals surface area contributed by atoms with Gasteiger partial charge in [-0.2, -0.15) is 0 Å². The van der Waals surface area contributed by atoms with E-state index in [1.54, 1.807) is 6.92 Å². The number of unbranched alkanes of at least 4 members (excludes halogenated alkanes) is 1. The summed E-state index contributed by atoms with van der Waals surface area (Å²) in [6.07, 6.45) is 2.90. The van der Waals surface area contributed by atoms with Crippen LogP contribution in [0.15, 0.2) is 18.2 Å². The lowest BCUT2D eigenvalue weighted by molar-refractivity contribution is -0.108. The quantitative estimate of drug-likeness (QED) is 0.448. The summed E-state index contributed by atoms with van der Waals surface area (Å²) < 4.78 is 30.2. The fourth-order valence-corrected chi connectivity index (χ4v) is 2.78. The molecule has 1 aromatic carbocycles. The van der Waals surface area contributed by atoms with Crippen molar-refractivity contribution in [3.05, 3.63) is 35.4 Å². The molecule has 0 aliphatic heterocycles. The molecule has 0 aliphatic rings. The van der Waals surface area contributed by atoms with Crippen molar-refractivity contribution in [2.24, 2.45) is 0 Å². The monoisotopic (exact) mass is 287 g/mol. The molecule has 19 heavy (non-hydrogen) atoms. The van der Waals surface area contributed by atoms with Crippen molar-refractivity contribution in [2.75, 3.05) is 5.75 Å². The highest BCUT2D eigenvalue weighted by Gasteiger charge is 2.30. The molecule has 1 N–H and O–H groups in total. The molecular formula is C14H19F2NOS. The third kappa shape index (κ3) is 4.28. The zero-order valence-electron chi connectivity index (χ0n) is 11.2. The van der Waals surface area contributed by atoms with Gasteiger partial charge in [-0.1, -0.05) is 37.4 Å². The summed E-state index contributed by atoms with van der Waals surface area (Å²) in [5.74, 6) is -0.924. The molecule has 106 valence electrons. The van der Waals surface area contributed by atoms with Crippen molar-refractivity contribution in [2.45, 2.75) is 38.6 Å². The number of carbonyl (C=O) groups is 1. The molecule has 1 aromatic rings. The molecule has 0 saturated heterocycles. The molecule has 0 amide bonds. The summed E-state index contributed by atoms with van der Waals surface area (Å²) in [4.78, 5) is 10.8. The summed E-state index contributed by atoms with van der Waals surface area (Å²) >= 11 is 1.44. The lowest BCUT2D eigenvalue weighted by Gasteiger charge is -2.29. The Balaban J connectivity index is 2.90. The van der Waals surface area contributed by atoms with E-state index in [1.807, 2.05) is 0 Å². The van der Waals surface area contributed by atoms with Gasteiger partial charge < -0.3 is 4.79 Å². The predicted molar refractivity (Wildman–Crippen MR) is 74.9 cm³/mol. The first kappa shape index (κ1) is 16.1. The van der Waals surface area contributed by atoms with E-state index in [4.69, 9.17) is 0 Å². The van der Waals surface area contributed by atoms with Gasteiger partial charge in [-0.25, -0.2) is 8.78 Å². The smallest absolute Gasteiger partial charge is 0.163 e. The van der Waals surface area contributed by atoms with E-state index in [0.717, 1.165) is 30.9 Å². The Hall–Kier alpha value is -0.940. The van der Waals surface area contributed by atoms with Crippen molar-refractivity contribution in [3.8, 4) is 0 Å². The number of carbonyl (C=O) groups excluding carboxylic acids is 1. The molecule has 1 rings (SSSR count). The zero-order valence-corrected chi connectivity index (χ0v) is 12.0. The lowest BCUT2D eigenvalue weighted by atomic mass is 9.90. The van der Waals surface area contributed by atoms with E-state index < -0.39 is 17.2 Å². The molecule has 0 spiro atoms. The second-order valence-electron chi connectivity index (χ2n) is 4.61. The summed E-state index contributed by atoms with van der Waals surface area (Å²) in [5, 5.41) is 0. The van der Waals surface area contributed by atoms with Gasteiger partial charge in [-0.3, -0.25) is 4.72 Å². The second kappa shape index (κ2) is 7.60. The fourth-order valence-electron chi connectivity index (χ4n) is 1.73. The zero-order chi connectivity index (χ0) is 14.3. The van der Waals surface area contributed by atoms with Gasteiger partial charge in [-0.15, -0.1) is 0 Å². The van der Waals surface area contributed by atoms with Crippen molar-refractivity contribution in [3.63, 3.8) is 0 Å². The third-order valence-corrected chi connectivity index (χ3v) is 4.02. The van der Waals surface area contributed by atoms with Crippen molar-refractivity contribution in [1.29, 1.82) is 0 Å². The molecule has 0 radical (unpaired) electrons. The van der Waals surface area contributed by atoms with Gasteiger partial charge in [0.1, 0.15) is 6.29 Å². The van der Waals surface area contributed by atoms with Gasteiger partial charge in [0, 0.05) is 17.7 Å². The standard InChI is InChI=1S/C14H19F2NOS/c1-3-4-10-19-17-14(2,8-9-18)11-6-5-7-12(15)13(11)16/h5-7,9,17H,3-4,8,10H2,1-2H3/t14-/m0/s1. The van der Waals surface area contributed by atoms with Crippen molar-refractivity contribution >= 4 is 18.2 Å². The molecular weight excluding hydrogens is 268 g/mol. The van der Waals surface area contributed by atoms with Crippen LogP contribution in [0.4, 0.5) is 8.78 Å². The van der Waals surface area contributed by atoms with E-state index in [2.05, 4.69) is 11.6 Å². The highest BCUT2D eigenvalue weighted by Crippen LogP contribution is 2.29. The van der Waals surface area contributed by atoms with Gasteiger partial charge in [-0.05, 0) is 19.4 Å². The number of rotatable bonds is 8. The third-order valence-electron chi connectivity index (χ3n) is 2.94. The number of nitrogens with one attached hydrogen (secondary N) is 1. The van der Waals surface area contributed by atoms with Crippen molar-refractivity contribution in [1.82, 2.24) is 4.72 Å². The highest BCUT2D eigenvalue weighted by molar-refractivity contribution is 7.97. The first-order valence-electron chi connectivity index (χ1n) is 6.32. The van der Waals surface area contributed by atoms with Gasteiger partial charge >= 0.3 is 0 Å². The van der Waals surface area contributed by atoms with E-state index in [0.29, 0.717) is 0 Å². The largest absolute Gasteiger partial charge is 0.303 e. The number of hydrogen-bond acceptors (Lipinski definition) is 3. The summed E-state index contributed by atoms with van der Waals surface area (Å²) in [7, 11) is 0. The minimum atomic E-state index is -0.896. The minimum absolute atomic E-state index is 0.0898. The van der Waals surface area contributed by atoms with Gasteiger partial charge in [0.15, 0.2) is 11.6 Å². The fraction of sp³-hybridized carbons (Fsp3) is 0.500. The second-order valence-corrected chi connectivity index (χ2v) is 5.51. The van der Waals surface area contributed by atoms with Crippen LogP contribution < -0.4 is 4.72 Å². The predicted octanol–water partition coefficient (Wildman–Crippen LogP) is 3.81. The molecule has 0 unspecified atom stereocenters. The molecule has 0 aliphatic carbocycles. The molecule has 2 nitrogen and oxygen atoms in total. The maximum Gasteiger partial charge on any atom is 0.163 e. The van der Waals surface area contributed by atoms with E-state index in [1.165, 1.54) is 24.1 Å². The average Bonchev–Trinajstić information content (AvgIpc) is 2.38. The number of halogens is 2. The Bertz CT molecular complexity index is 428. The van der Waals surface area contributed by atoms with Crippen molar-refractivity contribution < 1.29 is 13.6 Å². The summed E-state index contributed by atoms with van der Waals surface area (Å²) in [6.45, 7) is 3.79. The molecule has 0 aromatic heterocycles. The maximum atomic E-state index is 13.9. The van der Waals surface area contributed by atoms with Crippen LogP contribution in [-0.2, 0) is 10.3 Å². The number of benzene rings is 1. The van der Waals surface area contributed by atoms with Gasteiger partial charge in [0.2, 0.25) is 0 Å². The van der Waals surface area contributed by atoms with Gasteiger partial charge in [0.05, 0.1) is 5.54 Å². The lowest BCUT2D eigenvalue weighted by Crippen LogP contribution is -2.37. The maximum absolute atomic E-state index is 13.9. The highest BCUT2D eigenvalue weighted by atomic mass is 32.2. The molecule has 1 atom stereocenters. The first-order valence-corrected chi connectivity index (χ1v) is 7.30. The number of aldehydes is 1. The Labute approximate surface area is 117 Å². The topological polar surface area (TPSA) is 29.1 Å². The first-order chi connectivity index (χ1) is 9.05. The van der Waals surface area contributed by atoms with Crippen LogP contribution in [0.3, 0.4) is 0 Å². The molecule has 5 heteroatoms. The SMILES string of the molecule is CCCCSN[C@@](C)(CC=O)c1cccc(F)c1F. The number of hydrogen-bond donors (Lipinski definition) is 1. The van der Waals surface area contributed by atoms with Crippen LogP contribution >= 0.6 is 11.9 Å².